The van der Waals surface area contributed by atoms with Crippen LogP contribution in [0.5, 0.6) is 5.75 Å². The number of hydrogen-bond acceptors (Lipinski definition) is 11. The van der Waals surface area contributed by atoms with Crippen LogP contribution in [0.3, 0.4) is 0 Å². The number of carbonyl (C=O) groups excluding carboxylic acids is 2. The van der Waals surface area contributed by atoms with Crippen LogP contribution >= 0.6 is 0 Å². The number of likely N-dealkylation sites (tertiary alicyclic amines) is 1. The van der Waals surface area contributed by atoms with Gasteiger partial charge < -0.3 is 48.5 Å². The normalized spacial score (nSPS) is 13.3. The lowest BCUT2D eigenvalue weighted by Gasteiger charge is -2.34. The second-order valence-corrected chi connectivity index (χ2v) is 19.7. The van der Waals surface area contributed by atoms with Gasteiger partial charge in [-0.3, -0.25) is 9.59 Å². The number of rotatable bonds is 15. The maximum absolute atomic E-state index is 14.7. The molecule has 1 saturated heterocycles. The number of amides is 2. The van der Waals surface area contributed by atoms with Crippen LogP contribution in [0.1, 0.15) is 65.1 Å². The number of ether oxygens (including phenoxy) is 2. The summed E-state index contributed by atoms with van der Waals surface area (Å²) in [5.74, 6) is 0.558. The average Bonchev–Trinajstić information content (AvgIpc) is 3.87. The molecule has 8 rings (SSSR count). The monoisotopic (exact) mass is 948 g/mol. The third-order valence-corrected chi connectivity index (χ3v) is 12.8. The molecule has 6 heterocycles. The van der Waals surface area contributed by atoms with Gasteiger partial charge in [0.1, 0.15) is 17.0 Å². The molecule has 2 aromatic carbocycles. The van der Waals surface area contributed by atoms with Gasteiger partial charge in [0.25, 0.3) is 11.5 Å². The number of likely N-dealkylation sites (N-methyl/N-ethyl adjacent to an activating group) is 2. The summed E-state index contributed by atoms with van der Waals surface area (Å²) in [6.07, 6.45) is 8.48. The second-order valence-electron chi connectivity index (χ2n) is 19.7. The van der Waals surface area contributed by atoms with E-state index in [0.29, 0.717) is 66.8 Å². The second kappa shape index (κ2) is 20.2. The fraction of sp³-hybridized carbons (Fsp3) is 0.370. The Kier molecular flexibility index (Phi) is 14.2. The van der Waals surface area contributed by atoms with Crippen molar-refractivity contribution >= 4 is 56.9 Å². The minimum absolute atomic E-state index is 0.0342. The van der Waals surface area contributed by atoms with Crippen LogP contribution in [-0.4, -0.2) is 110 Å². The van der Waals surface area contributed by atoms with Crippen LogP contribution in [-0.2, 0) is 23.1 Å². The number of methoxy groups -OCH3 is 1. The first-order chi connectivity index (χ1) is 33.4. The molecule has 1 fully saturated rings. The van der Waals surface area contributed by atoms with Gasteiger partial charge in [-0.25, -0.2) is 19.7 Å². The summed E-state index contributed by atoms with van der Waals surface area (Å²) in [5, 5.41) is 8.56. The lowest BCUT2D eigenvalue weighted by Crippen LogP contribution is -2.41. The highest BCUT2D eigenvalue weighted by Crippen LogP contribution is 2.40. The number of fused-ring (bicyclic) bond motifs is 2. The molecule has 16 nitrogen and oxygen atoms in total. The van der Waals surface area contributed by atoms with Crippen LogP contribution in [0.4, 0.5) is 27.8 Å². The first-order valence-corrected chi connectivity index (χ1v) is 23.8. The number of piperidine rings is 1. The summed E-state index contributed by atoms with van der Waals surface area (Å²) < 4.78 is 17.6. The highest BCUT2D eigenvalue weighted by Gasteiger charge is 2.31. The van der Waals surface area contributed by atoms with Crippen LogP contribution in [0.25, 0.3) is 44.3 Å². The third kappa shape index (κ3) is 10.6. The summed E-state index contributed by atoms with van der Waals surface area (Å²) in [5.41, 5.74) is 7.75. The first kappa shape index (κ1) is 49.0. The summed E-state index contributed by atoms with van der Waals surface area (Å²) >= 11 is 0. The van der Waals surface area contributed by atoms with E-state index in [9.17, 15) is 14.4 Å². The van der Waals surface area contributed by atoms with Crippen LogP contribution in [0, 0.1) is 0 Å². The van der Waals surface area contributed by atoms with Crippen molar-refractivity contribution in [1.29, 1.82) is 0 Å². The molecule has 70 heavy (non-hydrogen) atoms. The van der Waals surface area contributed by atoms with Crippen molar-refractivity contribution in [3.63, 3.8) is 0 Å². The number of para-hydroxylation sites is 1. The lowest BCUT2D eigenvalue weighted by molar-refractivity contribution is -0.113. The molecular formula is C54H65N11O5. The highest BCUT2D eigenvalue weighted by molar-refractivity contribution is 6.06. The fourth-order valence-corrected chi connectivity index (χ4v) is 9.11. The van der Waals surface area contributed by atoms with Crippen molar-refractivity contribution in [1.82, 2.24) is 38.5 Å². The number of aromatic nitrogens is 6. The quantitative estimate of drug-likeness (QED) is 0.0944. The van der Waals surface area contributed by atoms with Crippen LogP contribution in [0.2, 0.25) is 0 Å². The first-order valence-electron chi connectivity index (χ1n) is 23.8. The summed E-state index contributed by atoms with van der Waals surface area (Å²) in [6, 6.07) is 21.4. The van der Waals surface area contributed by atoms with Crippen molar-refractivity contribution in [2.75, 3.05) is 70.0 Å². The van der Waals surface area contributed by atoms with Crippen molar-refractivity contribution in [3.8, 4) is 28.1 Å². The topological polar surface area (TPSA) is 157 Å². The Morgan fingerprint density at radius 3 is 2.36 bits per heavy atom. The predicted molar refractivity (Wildman–Crippen MR) is 279 cm³/mol. The minimum Gasteiger partial charge on any atom is -0.494 e. The molecule has 2 amide bonds. The Hall–Kier alpha value is -7.46. The molecule has 0 aliphatic carbocycles. The Balaban J connectivity index is 1.13. The van der Waals surface area contributed by atoms with Gasteiger partial charge >= 0.3 is 6.09 Å². The van der Waals surface area contributed by atoms with Gasteiger partial charge in [-0.15, -0.1) is 0 Å². The molecule has 1 aliphatic heterocycles. The molecule has 0 atom stereocenters. The van der Waals surface area contributed by atoms with E-state index >= 15 is 0 Å². The summed E-state index contributed by atoms with van der Waals surface area (Å²) in [4.78, 5) is 61.0. The Morgan fingerprint density at radius 2 is 1.64 bits per heavy atom. The summed E-state index contributed by atoms with van der Waals surface area (Å²) in [7, 11) is 9.65. The molecule has 0 spiro atoms. The zero-order valence-corrected chi connectivity index (χ0v) is 42.0. The Labute approximate surface area is 409 Å². The molecule has 16 heteroatoms. The standard InChI is InChI=1S/C54H65N11O5/c1-34(2)64-32-37(16-17-49(64)66)38-18-22-55-50-40(38)28-46(36-20-24-63(25-21-36)53(68)70-54(4,5)6)65(50)31-35(3)51(67)57-43-29-44(48(69-11)30-47(43)61(9)27-26-60(7)8)59-52-56-23-19-42(58-52)41-33-62(10)45-15-13-12-14-39(41)45/h12-19,22-23,28-30,32-34,36H,3,20-21,24-27,31H2,1-2,4-11H3,(H,57,67)(H,56,58,59). The zero-order chi connectivity index (χ0) is 50.0. The Morgan fingerprint density at radius 1 is 0.900 bits per heavy atom. The van der Waals surface area contributed by atoms with Gasteiger partial charge in [-0.1, -0.05) is 24.8 Å². The number of aryl methyl sites for hydroxylation is 1. The number of pyridine rings is 2. The average molecular weight is 948 g/mol. The smallest absolute Gasteiger partial charge is 0.410 e. The minimum atomic E-state index is -0.605. The SMILES string of the molecule is C=C(Cn1c(C2CCN(C(=O)OC(C)(C)C)CC2)cc2c(-c3ccc(=O)n(C(C)C)c3)ccnc21)C(=O)Nc1cc(Nc2nccc(-c3cn(C)c4ccccc34)n2)c(OC)cc1N(C)CCN(C)C. The maximum atomic E-state index is 14.7. The van der Waals surface area contributed by atoms with Gasteiger partial charge in [0.05, 0.1) is 36.4 Å². The molecule has 1 aliphatic rings. The van der Waals surface area contributed by atoms with Crippen molar-refractivity contribution in [2.24, 2.45) is 7.05 Å². The molecule has 366 valence electrons. The number of anilines is 4. The van der Waals surface area contributed by atoms with E-state index < -0.39 is 5.60 Å². The molecule has 7 aromatic rings. The molecule has 0 saturated carbocycles. The van der Waals surface area contributed by atoms with Crippen LogP contribution < -0.4 is 25.8 Å². The number of carbonyl (C=O) groups is 2. The number of benzene rings is 2. The molecule has 0 bridgehead atoms. The predicted octanol–water partition coefficient (Wildman–Crippen LogP) is 9.45. The van der Waals surface area contributed by atoms with Gasteiger partial charge in [0, 0.05) is 122 Å². The highest BCUT2D eigenvalue weighted by atomic mass is 16.6. The van der Waals surface area contributed by atoms with Gasteiger partial charge in [-0.2, -0.15) is 0 Å². The van der Waals surface area contributed by atoms with E-state index in [1.54, 1.807) is 35.0 Å². The van der Waals surface area contributed by atoms with E-state index in [-0.39, 0.29) is 36.1 Å². The molecule has 0 radical (unpaired) electrons. The largest absolute Gasteiger partial charge is 0.494 e. The number of nitrogens with one attached hydrogen (secondary N) is 2. The number of hydrogen-bond donors (Lipinski definition) is 2. The number of nitrogens with zero attached hydrogens (tertiary/aromatic N) is 9. The van der Waals surface area contributed by atoms with E-state index in [1.807, 2.05) is 111 Å². The lowest BCUT2D eigenvalue weighted by atomic mass is 9.93. The van der Waals surface area contributed by atoms with E-state index in [4.69, 9.17) is 19.4 Å². The fourth-order valence-electron chi connectivity index (χ4n) is 9.11. The van der Waals surface area contributed by atoms with E-state index in [1.165, 1.54) is 0 Å². The molecule has 0 unspecified atom stereocenters. The summed E-state index contributed by atoms with van der Waals surface area (Å²) in [6.45, 7) is 16.5. The van der Waals surface area contributed by atoms with Crippen LogP contribution in [0.15, 0.2) is 108 Å². The van der Waals surface area contributed by atoms with E-state index in [0.717, 1.165) is 56.6 Å². The zero-order valence-electron chi connectivity index (χ0n) is 42.0. The van der Waals surface area contributed by atoms with E-state index in [2.05, 4.69) is 65.5 Å². The maximum Gasteiger partial charge on any atom is 0.410 e. The van der Waals surface area contributed by atoms with Crippen molar-refractivity contribution in [3.05, 3.63) is 120 Å². The van der Waals surface area contributed by atoms with Crippen molar-refractivity contribution < 1.29 is 19.1 Å². The molecule has 5 aromatic heterocycles. The van der Waals surface area contributed by atoms with Gasteiger partial charge in [-0.05, 0) is 109 Å². The third-order valence-electron chi connectivity index (χ3n) is 12.8. The van der Waals surface area contributed by atoms with Gasteiger partial charge in [0.2, 0.25) is 5.95 Å². The van der Waals surface area contributed by atoms with Crippen molar-refractivity contribution in [2.45, 2.75) is 71.6 Å². The molecule has 2 N–H and O–H groups in total. The Bertz CT molecular complexity index is 3130. The molecular weight excluding hydrogens is 883 g/mol. The van der Waals surface area contributed by atoms with Gasteiger partial charge in [0.15, 0.2) is 0 Å².